The number of rotatable bonds is 8. The van der Waals surface area contributed by atoms with Crippen molar-refractivity contribution in [1.82, 2.24) is 0 Å². The van der Waals surface area contributed by atoms with Crippen LogP contribution in [-0.4, -0.2) is 26.8 Å². The summed E-state index contributed by atoms with van der Waals surface area (Å²) in [5.74, 6) is -2.11. The second-order valence-electron chi connectivity index (χ2n) is 6.81. The lowest BCUT2D eigenvalue weighted by Crippen LogP contribution is -2.16. The molecule has 0 spiro atoms. The number of carbonyl (C=O) groups excluding carboxylic acids is 1. The van der Waals surface area contributed by atoms with Gasteiger partial charge in [0.05, 0.1) is 27.2 Å². The van der Waals surface area contributed by atoms with Gasteiger partial charge in [-0.25, -0.2) is 4.79 Å². The molecular formula is C23H14N4O8. The van der Waals surface area contributed by atoms with Gasteiger partial charge in [-0.3, -0.25) is 25.0 Å². The highest BCUT2D eigenvalue weighted by molar-refractivity contribution is 6.11. The van der Waals surface area contributed by atoms with Crippen LogP contribution in [0.2, 0.25) is 0 Å². The summed E-state index contributed by atoms with van der Waals surface area (Å²) in [6.07, 6.45) is 1.26. The number of nitrogens with one attached hydrogen (secondary N) is 1. The zero-order valence-electron chi connectivity index (χ0n) is 17.6. The van der Waals surface area contributed by atoms with Crippen molar-refractivity contribution in [2.75, 3.05) is 5.32 Å². The number of hydrogen-bond acceptors (Lipinski definition) is 8. The third kappa shape index (κ3) is 5.82. The van der Waals surface area contributed by atoms with Crippen LogP contribution in [0.15, 0.2) is 72.3 Å². The number of carboxylic acid groups (broad SMARTS) is 1. The molecule has 0 aromatic heterocycles. The predicted octanol–water partition coefficient (Wildman–Crippen LogP) is 4.54. The summed E-state index contributed by atoms with van der Waals surface area (Å²) in [5, 5.41) is 43.1. The van der Waals surface area contributed by atoms with Gasteiger partial charge in [0.2, 0.25) is 5.75 Å². The molecule has 0 saturated heterocycles. The Morgan fingerprint density at radius 2 is 1.69 bits per heavy atom. The smallest absolute Gasteiger partial charge is 0.337 e. The minimum atomic E-state index is -1.24. The van der Waals surface area contributed by atoms with E-state index in [2.05, 4.69) is 5.32 Å². The maximum atomic E-state index is 12.5. The molecule has 0 bridgehead atoms. The molecular weight excluding hydrogens is 460 g/mol. The molecule has 0 aliphatic heterocycles. The Balaban J connectivity index is 1.79. The molecule has 0 atom stereocenters. The van der Waals surface area contributed by atoms with Crippen LogP contribution in [0.1, 0.15) is 15.9 Å². The number of hydrogen-bond donors (Lipinski definition) is 2. The topological polar surface area (TPSA) is 186 Å². The summed E-state index contributed by atoms with van der Waals surface area (Å²) >= 11 is 0. The van der Waals surface area contributed by atoms with Crippen LogP contribution in [-0.2, 0) is 4.79 Å². The van der Waals surface area contributed by atoms with Crippen molar-refractivity contribution in [3.8, 4) is 17.6 Å². The number of benzene rings is 3. The van der Waals surface area contributed by atoms with E-state index < -0.39 is 33.1 Å². The molecule has 3 aromatic rings. The van der Waals surface area contributed by atoms with Crippen LogP contribution < -0.4 is 10.1 Å². The summed E-state index contributed by atoms with van der Waals surface area (Å²) in [6.45, 7) is 0. The van der Waals surface area contributed by atoms with Crippen molar-refractivity contribution in [2.45, 2.75) is 0 Å². The summed E-state index contributed by atoms with van der Waals surface area (Å²) in [5.41, 5.74) is -1.05. The third-order valence-electron chi connectivity index (χ3n) is 4.54. The normalized spacial score (nSPS) is 10.7. The van der Waals surface area contributed by atoms with E-state index in [1.54, 1.807) is 6.07 Å². The first kappa shape index (κ1) is 24.1. The monoisotopic (exact) mass is 474 g/mol. The number of carbonyl (C=O) groups is 2. The van der Waals surface area contributed by atoms with E-state index >= 15 is 0 Å². The Morgan fingerprint density at radius 3 is 2.29 bits per heavy atom. The van der Waals surface area contributed by atoms with E-state index in [1.807, 2.05) is 0 Å². The summed E-state index contributed by atoms with van der Waals surface area (Å²) in [7, 11) is 0. The number of nitriles is 1. The quantitative estimate of drug-likeness (QED) is 0.204. The average Bonchev–Trinajstić information content (AvgIpc) is 2.83. The summed E-state index contributed by atoms with van der Waals surface area (Å²) < 4.78 is 5.47. The van der Waals surface area contributed by atoms with Gasteiger partial charge in [-0.1, -0.05) is 24.3 Å². The molecule has 0 fully saturated rings. The molecule has 3 rings (SSSR count). The second kappa shape index (κ2) is 10.4. The Morgan fingerprint density at radius 1 is 1.00 bits per heavy atom. The standard InChI is InChI=1S/C23H14N4O8/c24-13-15(22(28)25-19-4-2-1-3-18(19)23(29)30)11-14-5-8-17(9-6-14)35-21-10-7-16(26(31)32)12-20(21)27(33)34/h1-12H,(H,25,28)(H,29,30)/b15-11+. The lowest BCUT2D eigenvalue weighted by Gasteiger charge is -2.08. The number of para-hydroxylation sites is 1. The zero-order chi connectivity index (χ0) is 25.5. The van der Waals surface area contributed by atoms with Crippen LogP contribution in [0.25, 0.3) is 6.08 Å². The number of nitro groups is 2. The molecule has 174 valence electrons. The maximum absolute atomic E-state index is 12.5. The molecule has 0 saturated carbocycles. The highest BCUT2D eigenvalue weighted by Crippen LogP contribution is 2.34. The van der Waals surface area contributed by atoms with E-state index in [0.29, 0.717) is 5.56 Å². The van der Waals surface area contributed by atoms with Crippen molar-refractivity contribution in [2.24, 2.45) is 0 Å². The van der Waals surface area contributed by atoms with Gasteiger partial charge in [0, 0.05) is 6.07 Å². The van der Waals surface area contributed by atoms with Crippen molar-refractivity contribution in [3.63, 3.8) is 0 Å². The number of ether oxygens (including phenoxy) is 1. The van der Waals surface area contributed by atoms with Gasteiger partial charge in [0.25, 0.3) is 11.6 Å². The van der Waals surface area contributed by atoms with Crippen LogP contribution in [0.4, 0.5) is 17.1 Å². The molecule has 0 heterocycles. The lowest BCUT2D eigenvalue weighted by atomic mass is 10.1. The second-order valence-corrected chi connectivity index (χ2v) is 6.81. The molecule has 1 amide bonds. The summed E-state index contributed by atoms with van der Waals surface area (Å²) in [4.78, 5) is 44.3. The molecule has 0 aliphatic carbocycles. The molecule has 35 heavy (non-hydrogen) atoms. The van der Waals surface area contributed by atoms with E-state index in [-0.39, 0.29) is 28.3 Å². The zero-order valence-corrected chi connectivity index (χ0v) is 17.6. The first-order valence-corrected chi connectivity index (χ1v) is 9.66. The number of nitrogens with zero attached hydrogens (tertiary/aromatic N) is 3. The maximum Gasteiger partial charge on any atom is 0.337 e. The van der Waals surface area contributed by atoms with E-state index in [4.69, 9.17) is 4.74 Å². The fourth-order valence-corrected chi connectivity index (χ4v) is 2.89. The molecule has 0 radical (unpaired) electrons. The minimum absolute atomic E-state index is 0.0274. The van der Waals surface area contributed by atoms with Crippen molar-refractivity contribution in [1.29, 1.82) is 5.26 Å². The summed E-state index contributed by atoms with van der Waals surface area (Å²) in [6, 6.07) is 16.2. The highest BCUT2D eigenvalue weighted by Gasteiger charge is 2.21. The van der Waals surface area contributed by atoms with Crippen LogP contribution >= 0.6 is 0 Å². The Kier molecular flexibility index (Phi) is 7.13. The number of non-ortho nitro benzene ring substituents is 1. The SMILES string of the molecule is N#C/C(=C\c1ccc(Oc2ccc([N+](=O)[O-])cc2[N+](=O)[O-])cc1)C(=O)Nc1ccccc1C(=O)O. The lowest BCUT2D eigenvalue weighted by molar-refractivity contribution is -0.394. The average molecular weight is 474 g/mol. The number of anilines is 1. The van der Waals surface area contributed by atoms with Gasteiger partial charge in [0.15, 0.2) is 0 Å². The van der Waals surface area contributed by atoms with Gasteiger partial charge < -0.3 is 15.2 Å². The Bertz CT molecular complexity index is 1410. The van der Waals surface area contributed by atoms with Crippen molar-refractivity contribution >= 4 is 35.0 Å². The highest BCUT2D eigenvalue weighted by atomic mass is 16.6. The molecule has 12 heteroatoms. The van der Waals surface area contributed by atoms with Crippen LogP contribution in [0.3, 0.4) is 0 Å². The number of nitro benzene ring substituents is 2. The van der Waals surface area contributed by atoms with Gasteiger partial charge in [-0.2, -0.15) is 5.26 Å². The fraction of sp³-hybridized carbons (Fsp3) is 0. The molecule has 3 aromatic carbocycles. The first-order chi connectivity index (χ1) is 16.7. The van der Waals surface area contributed by atoms with E-state index in [1.165, 1.54) is 54.6 Å². The minimum Gasteiger partial charge on any atom is -0.478 e. The largest absolute Gasteiger partial charge is 0.478 e. The first-order valence-electron chi connectivity index (χ1n) is 9.66. The van der Waals surface area contributed by atoms with Gasteiger partial charge in [-0.15, -0.1) is 0 Å². The van der Waals surface area contributed by atoms with Crippen LogP contribution in [0, 0.1) is 31.6 Å². The number of carboxylic acids is 1. The Hall–Kier alpha value is -5.57. The number of amides is 1. The third-order valence-corrected chi connectivity index (χ3v) is 4.54. The number of aromatic carboxylic acids is 1. The van der Waals surface area contributed by atoms with Crippen molar-refractivity contribution in [3.05, 3.63) is 104 Å². The van der Waals surface area contributed by atoms with Gasteiger partial charge in [0.1, 0.15) is 17.4 Å². The van der Waals surface area contributed by atoms with E-state index in [9.17, 15) is 40.2 Å². The predicted molar refractivity (Wildman–Crippen MR) is 122 cm³/mol. The van der Waals surface area contributed by atoms with Crippen molar-refractivity contribution < 1.29 is 29.3 Å². The van der Waals surface area contributed by atoms with Gasteiger partial charge >= 0.3 is 11.7 Å². The van der Waals surface area contributed by atoms with Crippen LogP contribution in [0.5, 0.6) is 11.5 Å². The molecule has 0 unspecified atom stereocenters. The molecule has 12 nitrogen and oxygen atoms in total. The van der Waals surface area contributed by atoms with Gasteiger partial charge in [-0.05, 0) is 42.0 Å². The fourth-order valence-electron chi connectivity index (χ4n) is 2.89. The Labute approximate surface area is 196 Å². The molecule has 0 aliphatic rings. The molecule has 2 N–H and O–H groups in total. The van der Waals surface area contributed by atoms with E-state index in [0.717, 1.165) is 18.2 Å².